The van der Waals surface area contributed by atoms with Gasteiger partial charge in [-0.2, -0.15) is 0 Å². The van der Waals surface area contributed by atoms with E-state index in [1.54, 1.807) is 19.1 Å². The standard InChI is InChI=1S/C31H27N3O3/c1-2-37-28(35)24-18-16-23(17-19-24)25-11-9-10-22(20-25)21-34-29(36)31(33-30(34)32,26-12-5-3-6-13-26)27-14-7-4-8-15-27/h3-20H,2,21H2,1H3,(H2,32,33). The molecule has 0 aromatic heterocycles. The van der Waals surface area contributed by atoms with Crippen molar-refractivity contribution in [2.24, 2.45) is 0 Å². The Morgan fingerprint density at radius 3 is 2.05 bits per heavy atom. The summed E-state index contributed by atoms with van der Waals surface area (Å²) in [6, 6.07) is 34.2. The van der Waals surface area contributed by atoms with Crippen LogP contribution < -0.4 is 5.32 Å². The SMILES string of the molecule is CCOC(=O)c1ccc(-c2cccc(CN3C(=N)NC(c4ccccc4)(c4ccccc4)C3=O)c2)cc1. The van der Waals surface area contributed by atoms with E-state index in [-0.39, 0.29) is 24.4 Å². The minimum absolute atomic E-state index is 0.0573. The molecule has 1 aliphatic heterocycles. The molecule has 37 heavy (non-hydrogen) atoms. The molecule has 4 aromatic carbocycles. The fraction of sp³-hybridized carbons (Fsp3) is 0.129. The summed E-state index contributed by atoms with van der Waals surface area (Å²) >= 11 is 0. The van der Waals surface area contributed by atoms with Crippen molar-refractivity contribution in [2.75, 3.05) is 6.61 Å². The van der Waals surface area contributed by atoms with Gasteiger partial charge in [0, 0.05) is 0 Å². The predicted octanol–water partition coefficient (Wildman–Crippen LogP) is 5.34. The van der Waals surface area contributed by atoms with Crippen molar-refractivity contribution in [1.82, 2.24) is 10.2 Å². The van der Waals surface area contributed by atoms with Gasteiger partial charge >= 0.3 is 5.97 Å². The van der Waals surface area contributed by atoms with Crippen LogP contribution in [0.3, 0.4) is 0 Å². The number of carbonyl (C=O) groups excluding carboxylic acids is 2. The number of amides is 1. The van der Waals surface area contributed by atoms with Crippen LogP contribution in [0.15, 0.2) is 109 Å². The van der Waals surface area contributed by atoms with Crippen molar-refractivity contribution >= 4 is 17.8 Å². The molecule has 6 nitrogen and oxygen atoms in total. The number of hydrogen-bond acceptors (Lipinski definition) is 4. The van der Waals surface area contributed by atoms with Gasteiger partial charge < -0.3 is 10.1 Å². The van der Waals surface area contributed by atoms with Gasteiger partial charge in [0.1, 0.15) is 0 Å². The third-order valence-corrected chi connectivity index (χ3v) is 6.55. The minimum Gasteiger partial charge on any atom is -0.462 e. The number of esters is 1. The van der Waals surface area contributed by atoms with Crippen LogP contribution in [0.25, 0.3) is 11.1 Å². The smallest absolute Gasteiger partial charge is 0.338 e. The average molecular weight is 490 g/mol. The second-order valence-corrected chi connectivity index (χ2v) is 8.85. The van der Waals surface area contributed by atoms with Crippen LogP contribution in [0.4, 0.5) is 0 Å². The van der Waals surface area contributed by atoms with E-state index in [2.05, 4.69) is 5.32 Å². The van der Waals surface area contributed by atoms with Gasteiger partial charge in [-0.25, -0.2) is 4.79 Å². The maximum atomic E-state index is 14.0. The fourth-order valence-corrected chi connectivity index (χ4v) is 4.73. The lowest BCUT2D eigenvalue weighted by Gasteiger charge is -2.28. The Morgan fingerprint density at radius 2 is 1.46 bits per heavy atom. The molecule has 0 bridgehead atoms. The van der Waals surface area contributed by atoms with E-state index < -0.39 is 5.54 Å². The summed E-state index contributed by atoms with van der Waals surface area (Å²) in [6.07, 6.45) is 0. The minimum atomic E-state index is -1.17. The lowest BCUT2D eigenvalue weighted by atomic mass is 9.82. The molecule has 0 radical (unpaired) electrons. The highest BCUT2D eigenvalue weighted by Gasteiger charge is 2.52. The zero-order chi connectivity index (χ0) is 25.8. The van der Waals surface area contributed by atoms with Crippen LogP contribution in [0, 0.1) is 5.41 Å². The Hall–Kier alpha value is -4.71. The van der Waals surface area contributed by atoms with Crippen molar-refractivity contribution in [3.8, 4) is 11.1 Å². The van der Waals surface area contributed by atoms with Crippen molar-refractivity contribution in [3.05, 3.63) is 131 Å². The summed E-state index contributed by atoms with van der Waals surface area (Å²) in [5, 5.41) is 11.9. The van der Waals surface area contributed by atoms with E-state index in [1.165, 1.54) is 4.90 Å². The lowest BCUT2D eigenvalue weighted by Crippen LogP contribution is -2.45. The highest BCUT2D eigenvalue weighted by Crippen LogP contribution is 2.36. The zero-order valence-electron chi connectivity index (χ0n) is 20.5. The van der Waals surface area contributed by atoms with Gasteiger partial charge in [-0.05, 0) is 52.9 Å². The molecule has 1 amide bonds. The first-order valence-electron chi connectivity index (χ1n) is 12.2. The molecule has 5 rings (SSSR count). The van der Waals surface area contributed by atoms with Crippen LogP contribution in [-0.2, 0) is 21.6 Å². The van der Waals surface area contributed by atoms with Crippen molar-refractivity contribution in [1.29, 1.82) is 5.41 Å². The highest BCUT2D eigenvalue weighted by molar-refractivity contribution is 6.10. The second-order valence-electron chi connectivity index (χ2n) is 8.85. The van der Waals surface area contributed by atoms with E-state index in [0.717, 1.165) is 27.8 Å². The Kier molecular flexibility index (Phi) is 6.56. The van der Waals surface area contributed by atoms with Crippen molar-refractivity contribution in [3.63, 3.8) is 0 Å². The molecule has 0 saturated carbocycles. The normalized spacial score (nSPS) is 14.4. The predicted molar refractivity (Wildman–Crippen MR) is 143 cm³/mol. The Morgan fingerprint density at radius 1 is 0.838 bits per heavy atom. The zero-order valence-corrected chi connectivity index (χ0v) is 20.5. The Labute approximate surface area is 216 Å². The molecule has 2 N–H and O–H groups in total. The summed E-state index contributed by atoms with van der Waals surface area (Å²) in [5.41, 5.74) is 3.70. The summed E-state index contributed by atoms with van der Waals surface area (Å²) in [5.74, 6) is -0.484. The highest BCUT2D eigenvalue weighted by atomic mass is 16.5. The second kappa shape index (κ2) is 10.1. The molecule has 4 aromatic rings. The van der Waals surface area contributed by atoms with Gasteiger partial charge in [-0.1, -0.05) is 91.0 Å². The topological polar surface area (TPSA) is 82.5 Å². The molecular weight excluding hydrogens is 462 g/mol. The lowest BCUT2D eigenvalue weighted by molar-refractivity contribution is -0.130. The molecule has 1 saturated heterocycles. The number of guanidine groups is 1. The average Bonchev–Trinajstić information content (AvgIpc) is 3.20. The number of nitrogens with one attached hydrogen (secondary N) is 2. The summed E-state index contributed by atoms with van der Waals surface area (Å²) < 4.78 is 5.07. The molecule has 1 aliphatic rings. The summed E-state index contributed by atoms with van der Waals surface area (Å²) in [6.45, 7) is 2.36. The number of ether oxygens (including phenoxy) is 1. The van der Waals surface area contributed by atoms with E-state index in [9.17, 15) is 9.59 Å². The number of rotatable bonds is 7. The first-order valence-corrected chi connectivity index (χ1v) is 12.2. The van der Waals surface area contributed by atoms with Gasteiger partial charge in [-0.15, -0.1) is 0 Å². The summed E-state index contributed by atoms with van der Waals surface area (Å²) in [4.78, 5) is 27.5. The molecule has 1 heterocycles. The van der Waals surface area contributed by atoms with Gasteiger partial charge in [-0.3, -0.25) is 15.1 Å². The van der Waals surface area contributed by atoms with E-state index in [1.807, 2.05) is 97.1 Å². The van der Waals surface area contributed by atoms with E-state index in [0.29, 0.717) is 12.2 Å². The van der Waals surface area contributed by atoms with Crippen LogP contribution in [0.1, 0.15) is 34.0 Å². The number of carbonyl (C=O) groups is 2. The molecule has 0 atom stereocenters. The third-order valence-electron chi connectivity index (χ3n) is 6.55. The monoisotopic (exact) mass is 489 g/mol. The van der Waals surface area contributed by atoms with Gasteiger partial charge in [0.05, 0.1) is 18.7 Å². The molecular formula is C31H27N3O3. The van der Waals surface area contributed by atoms with Gasteiger partial charge in [0.2, 0.25) is 0 Å². The first-order chi connectivity index (χ1) is 18.0. The largest absolute Gasteiger partial charge is 0.462 e. The number of nitrogens with zero attached hydrogens (tertiary/aromatic N) is 1. The van der Waals surface area contributed by atoms with Crippen LogP contribution in [-0.4, -0.2) is 29.3 Å². The molecule has 0 spiro atoms. The molecule has 184 valence electrons. The van der Waals surface area contributed by atoms with Crippen LogP contribution >= 0.6 is 0 Å². The molecule has 0 unspecified atom stereocenters. The van der Waals surface area contributed by atoms with Gasteiger partial charge in [0.15, 0.2) is 11.5 Å². The van der Waals surface area contributed by atoms with E-state index >= 15 is 0 Å². The maximum Gasteiger partial charge on any atom is 0.338 e. The molecule has 0 aliphatic carbocycles. The number of hydrogen-bond donors (Lipinski definition) is 2. The van der Waals surface area contributed by atoms with E-state index in [4.69, 9.17) is 10.1 Å². The molecule has 6 heteroatoms. The Balaban J connectivity index is 1.44. The van der Waals surface area contributed by atoms with Crippen LogP contribution in [0.5, 0.6) is 0 Å². The summed E-state index contributed by atoms with van der Waals surface area (Å²) in [7, 11) is 0. The third kappa shape index (κ3) is 4.49. The van der Waals surface area contributed by atoms with Crippen LogP contribution in [0.2, 0.25) is 0 Å². The molecule has 1 fully saturated rings. The Bertz CT molecular complexity index is 1390. The van der Waals surface area contributed by atoms with Gasteiger partial charge in [0.25, 0.3) is 5.91 Å². The quantitative estimate of drug-likeness (QED) is 0.343. The fourth-order valence-electron chi connectivity index (χ4n) is 4.73. The maximum absolute atomic E-state index is 14.0. The number of benzene rings is 4. The first kappa shape index (κ1) is 24.0. The van der Waals surface area contributed by atoms with Crippen molar-refractivity contribution < 1.29 is 14.3 Å². The van der Waals surface area contributed by atoms with Crippen molar-refractivity contribution in [2.45, 2.75) is 19.0 Å².